The molecule has 0 spiro atoms. The Bertz CT molecular complexity index is 203. The lowest BCUT2D eigenvalue weighted by molar-refractivity contribution is 0.199. The number of nitrogens with one attached hydrogen (secondary N) is 1. The lowest BCUT2D eigenvalue weighted by Gasteiger charge is -2.01. The summed E-state index contributed by atoms with van der Waals surface area (Å²) in [7, 11) is 1.68. The topological polar surface area (TPSA) is 47.0 Å². The quantitative estimate of drug-likeness (QED) is 0.637. The molecule has 1 N–H and O–H groups in total. The van der Waals surface area contributed by atoms with Crippen molar-refractivity contribution < 1.29 is 4.74 Å². The van der Waals surface area contributed by atoms with Crippen molar-refractivity contribution >= 4 is 0 Å². The molecule has 12 heavy (non-hydrogen) atoms. The molecule has 0 fully saturated rings. The molecule has 0 saturated heterocycles. The van der Waals surface area contributed by atoms with Crippen LogP contribution in [0.15, 0.2) is 18.3 Å². The molecule has 0 aliphatic heterocycles. The van der Waals surface area contributed by atoms with E-state index < -0.39 is 0 Å². The van der Waals surface area contributed by atoms with E-state index in [1.54, 1.807) is 13.3 Å². The Hall–Kier alpha value is -1.00. The fraction of sp³-hybridized carbons (Fsp3) is 0.500. The van der Waals surface area contributed by atoms with Gasteiger partial charge in [0.1, 0.15) is 0 Å². The van der Waals surface area contributed by atoms with Crippen molar-refractivity contribution in [3.8, 4) is 0 Å². The fourth-order valence-electron chi connectivity index (χ4n) is 0.818. The summed E-state index contributed by atoms with van der Waals surface area (Å²) in [5, 5.41) is 10.9. The number of hydrogen-bond donors (Lipinski definition) is 1. The first-order valence-electron chi connectivity index (χ1n) is 3.89. The zero-order valence-corrected chi connectivity index (χ0v) is 7.16. The molecule has 66 valence electrons. The average molecular weight is 167 g/mol. The summed E-state index contributed by atoms with van der Waals surface area (Å²) in [5.41, 5.74) is 0.952. The van der Waals surface area contributed by atoms with Gasteiger partial charge in [0.2, 0.25) is 0 Å². The van der Waals surface area contributed by atoms with Gasteiger partial charge in [0.25, 0.3) is 0 Å². The van der Waals surface area contributed by atoms with Crippen LogP contribution < -0.4 is 5.32 Å². The van der Waals surface area contributed by atoms with Gasteiger partial charge in [-0.1, -0.05) is 0 Å². The SMILES string of the molecule is COCCNCc1cccnn1. The summed E-state index contributed by atoms with van der Waals surface area (Å²) in [6.45, 7) is 2.31. The van der Waals surface area contributed by atoms with Crippen LogP contribution in [0.25, 0.3) is 0 Å². The molecule has 1 rings (SSSR count). The first-order valence-corrected chi connectivity index (χ1v) is 3.89. The Morgan fingerprint density at radius 1 is 1.58 bits per heavy atom. The van der Waals surface area contributed by atoms with Crippen molar-refractivity contribution in [1.29, 1.82) is 0 Å². The van der Waals surface area contributed by atoms with E-state index in [0.717, 1.165) is 25.4 Å². The molecule has 0 saturated carbocycles. The van der Waals surface area contributed by atoms with E-state index in [-0.39, 0.29) is 0 Å². The summed E-state index contributed by atoms with van der Waals surface area (Å²) in [6, 6.07) is 3.81. The molecule has 4 heteroatoms. The van der Waals surface area contributed by atoms with Gasteiger partial charge in [-0.15, -0.1) is 0 Å². The smallest absolute Gasteiger partial charge is 0.0768 e. The molecule has 0 radical (unpaired) electrons. The lowest BCUT2D eigenvalue weighted by Crippen LogP contribution is -2.19. The molecule has 1 heterocycles. The molecule has 0 atom stereocenters. The van der Waals surface area contributed by atoms with Crippen molar-refractivity contribution in [3.63, 3.8) is 0 Å². The largest absolute Gasteiger partial charge is 0.383 e. The zero-order chi connectivity index (χ0) is 8.65. The predicted molar refractivity (Wildman–Crippen MR) is 45.6 cm³/mol. The Balaban J connectivity index is 2.16. The van der Waals surface area contributed by atoms with E-state index in [9.17, 15) is 0 Å². The normalized spacial score (nSPS) is 10.1. The summed E-state index contributed by atoms with van der Waals surface area (Å²) in [6.07, 6.45) is 1.67. The standard InChI is InChI=1S/C8H13N3O/c1-12-6-5-9-7-8-3-2-4-10-11-8/h2-4,9H,5-7H2,1H3. The number of nitrogens with zero attached hydrogens (tertiary/aromatic N) is 2. The molecule has 0 unspecified atom stereocenters. The summed E-state index contributed by atoms with van der Waals surface area (Å²) in [4.78, 5) is 0. The molecule has 0 amide bonds. The molecule has 0 aromatic carbocycles. The van der Waals surface area contributed by atoms with E-state index in [1.165, 1.54) is 0 Å². The van der Waals surface area contributed by atoms with Crippen molar-refractivity contribution in [3.05, 3.63) is 24.0 Å². The van der Waals surface area contributed by atoms with Gasteiger partial charge in [0.15, 0.2) is 0 Å². The van der Waals surface area contributed by atoms with Crippen molar-refractivity contribution in [2.24, 2.45) is 0 Å². The van der Waals surface area contributed by atoms with Gasteiger partial charge in [-0.05, 0) is 12.1 Å². The Morgan fingerprint density at radius 3 is 3.17 bits per heavy atom. The van der Waals surface area contributed by atoms with Gasteiger partial charge in [-0.2, -0.15) is 10.2 Å². The minimum Gasteiger partial charge on any atom is -0.383 e. The van der Waals surface area contributed by atoms with Gasteiger partial charge in [-0.3, -0.25) is 0 Å². The zero-order valence-electron chi connectivity index (χ0n) is 7.16. The number of hydrogen-bond acceptors (Lipinski definition) is 4. The van der Waals surface area contributed by atoms with E-state index in [0.29, 0.717) is 0 Å². The molecule has 0 bridgehead atoms. The highest BCUT2D eigenvalue weighted by molar-refractivity contribution is 4.98. The fourth-order valence-corrected chi connectivity index (χ4v) is 0.818. The van der Waals surface area contributed by atoms with Gasteiger partial charge >= 0.3 is 0 Å². The van der Waals surface area contributed by atoms with E-state index in [1.807, 2.05) is 12.1 Å². The van der Waals surface area contributed by atoms with Crippen molar-refractivity contribution in [1.82, 2.24) is 15.5 Å². The van der Waals surface area contributed by atoms with Crippen LogP contribution in [0.2, 0.25) is 0 Å². The highest BCUT2D eigenvalue weighted by Gasteiger charge is 1.91. The minimum atomic E-state index is 0.722. The lowest BCUT2D eigenvalue weighted by atomic mass is 10.4. The van der Waals surface area contributed by atoms with Crippen LogP contribution in [-0.2, 0) is 11.3 Å². The number of rotatable bonds is 5. The van der Waals surface area contributed by atoms with Gasteiger partial charge in [0.05, 0.1) is 12.3 Å². The second-order valence-electron chi connectivity index (χ2n) is 2.38. The van der Waals surface area contributed by atoms with Crippen molar-refractivity contribution in [2.75, 3.05) is 20.3 Å². The summed E-state index contributed by atoms with van der Waals surface area (Å²) >= 11 is 0. The third kappa shape index (κ3) is 3.41. The Kier molecular flexibility index (Phi) is 4.26. The first kappa shape index (κ1) is 9.09. The van der Waals surface area contributed by atoms with Crippen LogP contribution >= 0.6 is 0 Å². The molecule has 4 nitrogen and oxygen atoms in total. The van der Waals surface area contributed by atoms with Crippen LogP contribution in [-0.4, -0.2) is 30.5 Å². The van der Waals surface area contributed by atoms with Gasteiger partial charge in [-0.25, -0.2) is 0 Å². The number of methoxy groups -OCH3 is 1. The third-order valence-corrected chi connectivity index (χ3v) is 1.42. The maximum Gasteiger partial charge on any atom is 0.0768 e. The highest BCUT2D eigenvalue weighted by Crippen LogP contribution is 1.88. The van der Waals surface area contributed by atoms with Crippen LogP contribution in [0, 0.1) is 0 Å². The maximum atomic E-state index is 4.88. The number of ether oxygens (including phenoxy) is 1. The van der Waals surface area contributed by atoms with Crippen LogP contribution in [0.3, 0.4) is 0 Å². The van der Waals surface area contributed by atoms with Gasteiger partial charge < -0.3 is 10.1 Å². The van der Waals surface area contributed by atoms with Crippen molar-refractivity contribution in [2.45, 2.75) is 6.54 Å². The van der Waals surface area contributed by atoms with Crippen LogP contribution in [0.5, 0.6) is 0 Å². The first-order chi connectivity index (χ1) is 5.93. The van der Waals surface area contributed by atoms with E-state index >= 15 is 0 Å². The monoisotopic (exact) mass is 167 g/mol. The summed E-state index contributed by atoms with van der Waals surface area (Å²) in [5.74, 6) is 0. The van der Waals surface area contributed by atoms with Crippen LogP contribution in [0.4, 0.5) is 0 Å². The Labute approximate surface area is 72.0 Å². The predicted octanol–water partition coefficient (Wildman–Crippen LogP) is 0.213. The highest BCUT2D eigenvalue weighted by atomic mass is 16.5. The average Bonchev–Trinajstić information content (AvgIpc) is 2.14. The Morgan fingerprint density at radius 2 is 2.50 bits per heavy atom. The molecule has 0 aliphatic carbocycles. The second-order valence-corrected chi connectivity index (χ2v) is 2.38. The number of aromatic nitrogens is 2. The molecular formula is C8H13N3O. The minimum absolute atomic E-state index is 0.722. The second kappa shape index (κ2) is 5.62. The maximum absolute atomic E-state index is 4.88. The summed E-state index contributed by atoms with van der Waals surface area (Å²) < 4.78 is 4.88. The van der Waals surface area contributed by atoms with E-state index in [2.05, 4.69) is 15.5 Å². The molecular weight excluding hydrogens is 154 g/mol. The molecule has 0 aliphatic rings. The van der Waals surface area contributed by atoms with Gasteiger partial charge in [0, 0.05) is 26.4 Å². The van der Waals surface area contributed by atoms with E-state index in [4.69, 9.17) is 4.74 Å². The molecule has 1 aromatic heterocycles. The molecule has 1 aromatic rings. The third-order valence-electron chi connectivity index (χ3n) is 1.42. The van der Waals surface area contributed by atoms with Crippen LogP contribution in [0.1, 0.15) is 5.69 Å².